The number of ether oxygens (including phenoxy) is 1. The molecule has 0 spiro atoms. The second-order valence-corrected chi connectivity index (χ2v) is 8.72. The van der Waals surface area contributed by atoms with Gasteiger partial charge in [-0.25, -0.2) is 8.42 Å². The second kappa shape index (κ2) is 9.73. The summed E-state index contributed by atoms with van der Waals surface area (Å²) in [6.07, 6.45) is 2.12. The zero-order valence-electron chi connectivity index (χ0n) is 16.3. The Labute approximate surface area is 175 Å². The molecule has 160 valence electrons. The van der Waals surface area contributed by atoms with Crippen LogP contribution in [0.5, 0.6) is 0 Å². The number of benzene rings is 2. The summed E-state index contributed by atoms with van der Waals surface area (Å²) < 4.78 is 33.5. The molecule has 0 saturated carbocycles. The number of aliphatic carboxylic acids is 1. The molecule has 0 radical (unpaired) electrons. The normalized spacial score (nSPS) is 16.2. The summed E-state index contributed by atoms with van der Waals surface area (Å²) in [6, 6.07) is 12.4. The molecule has 1 unspecified atom stereocenters. The van der Waals surface area contributed by atoms with Crippen LogP contribution < -0.4 is 10.0 Å². The molecule has 1 heterocycles. The summed E-state index contributed by atoms with van der Waals surface area (Å²) in [7, 11) is -3.92. The van der Waals surface area contributed by atoms with Crippen LogP contribution in [0.25, 0.3) is 0 Å². The van der Waals surface area contributed by atoms with Crippen LogP contribution >= 0.6 is 0 Å². The number of carboxylic acid groups (broad SMARTS) is 1. The zero-order chi connectivity index (χ0) is 21.6. The molecule has 0 aliphatic carbocycles. The van der Waals surface area contributed by atoms with Crippen LogP contribution in [-0.2, 0) is 26.0 Å². The third-order valence-electron chi connectivity index (χ3n) is 4.79. The Bertz CT molecular complexity index is 998. The van der Waals surface area contributed by atoms with E-state index in [1.54, 1.807) is 30.3 Å². The fourth-order valence-corrected chi connectivity index (χ4v) is 4.25. The van der Waals surface area contributed by atoms with Gasteiger partial charge in [0.2, 0.25) is 0 Å². The van der Waals surface area contributed by atoms with Crippen LogP contribution in [0.15, 0.2) is 53.4 Å². The van der Waals surface area contributed by atoms with E-state index in [4.69, 9.17) is 9.84 Å². The number of para-hydroxylation sites is 1. The van der Waals surface area contributed by atoms with Gasteiger partial charge in [-0.2, -0.15) is 0 Å². The second-order valence-electron chi connectivity index (χ2n) is 7.03. The molecule has 0 aromatic heterocycles. The van der Waals surface area contributed by atoms with Crippen molar-refractivity contribution in [2.75, 3.05) is 17.9 Å². The molecule has 1 atom stereocenters. The number of anilines is 1. The van der Waals surface area contributed by atoms with Crippen molar-refractivity contribution in [2.45, 2.75) is 36.7 Å². The van der Waals surface area contributed by atoms with Crippen molar-refractivity contribution >= 4 is 27.6 Å². The minimum Gasteiger partial charge on any atom is -0.481 e. The van der Waals surface area contributed by atoms with Gasteiger partial charge in [0.25, 0.3) is 15.9 Å². The van der Waals surface area contributed by atoms with Gasteiger partial charge >= 0.3 is 5.97 Å². The van der Waals surface area contributed by atoms with E-state index in [1.165, 1.54) is 18.2 Å². The van der Waals surface area contributed by atoms with Crippen LogP contribution in [0.4, 0.5) is 5.69 Å². The van der Waals surface area contributed by atoms with Crippen molar-refractivity contribution in [3.05, 3.63) is 59.7 Å². The SMILES string of the molecule is O=C(O)CCc1ccc(S(=O)(=O)Nc2ccccc2C(=O)NCC2CCCO2)cc1. The minimum atomic E-state index is -3.92. The first-order chi connectivity index (χ1) is 14.3. The average molecular weight is 432 g/mol. The van der Waals surface area contributed by atoms with Gasteiger partial charge in [-0.3, -0.25) is 14.3 Å². The fraction of sp³-hybridized carbons (Fsp3) is 0.333. The summed E-state index contributed by atoms with van der Waals surface area (Å²) in [5, 5.41) is 11.5. The maximum Gasteiger partial charge on any atom is 0.303 e. The fourth-order valence-electron chi connectivity index (χ4n) is 3.17. The third-order valence-corrected chi connectivity index (χ3v) is 6.17. The average Bonchev–Trinajstić information content (AvgIpc) is 3.24. The summed E-state index contributed by atoms with van der Waals surface area (Å²) in [5.41, 5.74) is 1.12. The number of carbonyl (C=O) groups is 2. The Balaban J connectivity index is 1.70. The molecule has 8 nitrogen and oxygen atoms in total. The molecule has 1 saturated heterocycles. The highest BCUT2D eigenvalue weighted by Gasteiger charge is 2.20. The van der Waals surface area contributed by atoms with Crippen LogP contribution in [0, 0.1) is 0 Å². The molecule has 1 fully saturated rings. The Hall–Kier alpha value is -2.91. The van der Waals surface area contributed by atoms with E-state index < -0.39 is 16.0 Å². The summed E-state index contributed by atoms with van der Waals surface area (Å²) >= 11 is 0. The van der Waals surface area contributed by atoms with E-state index in [0.717, 1.165) is 18.4 Å². The molecule has 3 rings (SSSR count). The number of rotatable bonds is 9. The molecule has 9 heteroatoms. The Kier molecular flexibility index (Phi) is 7.07. The molecule has 2 aromatic carbocycles. The summed E-state index contributed by atoms with van der Waals surface area (Å²) in [4.78, 5) is 23.3. The lowest BCUT2D eigenvalue weighted by Crippen LogP contribution is -2.32. The van der Waals surface area contributed by atoms with Crippen LogP contribution in [0.1, 0.15) is 35.2 Å². The van der Waals surface area contributed by atoms with Gasteiger partial charge in [0.05, 0.1) is 22.3 Å². The third kappa shape index (κ3) is 5.80. The number of sulfonamides is 1. The number of hydrogen-bond acceptors (Lipinski definition) is 5. The van der Waals surface area contributed by atoms with Crippen LogP contribution in [-0.4, -0.2) is 44.7 Å². The number of hydrogen-bond donors (Lipinski definition) is 3. The molecule has 2 aromatic rings. The lowest BCUT2D eigenvalue weighted by atomic mass is 10.1. The summed E-state index contributed by atoms with van der Waals surface area (Å²) in [6.45, 7) is 1.06. The number of carboxylic acids is 1. The van der Waals surface area contributed by atoms with Crippen molar-refractivity contribution < 1.29 is 27.9 Å². The van der Waals surface area contributed by atoms with Crippen LogP contribution in [0.3, 0.4) is 0 Å². The Morgan fingerprint density at radius 2 is 1.83 bits per heavy atom. The van der Waals surface area contributed by atoms with Crippen molar-refractivity contribution in [2.24, 2.45) is 0 Å². The quantitative estimate of drug-likeness (QED) is 0.559. The van der Waals surface area contributed by atoms with E-state index >= 15 is 0 Å². The molecule has 30 heavy (non-hydrogen) atoms. The molecular weight excluding hydrogens is 408 g/mol. The molecule has 1 amide bonds. The highest BCUT2D eigenvalue weighted by Crippen LogP contribution is 2.21. The maximum absolute atomic E-state index is 12.8. The highest BCUT2D eigenvalue weighted by molar-refractivity contribution is 7.92. The topological polar surface area (TPSA) is 122 Å². The Morgan fingerprint density at radius 3 is 2.50 bits per heavy atom. The Morgan fingerprint density at radius 1 is 1.10 bits per heavy atom. The number of carbonyl (C=O) groups excluding carboxylic acids is 1. The van der Waals surface area contributed by atoms with Gasteiger partial charge in [0.1, 0.15) is 0 Å². The summed E-state index contributed by atoms with van der Waals surface area (Å²) in [5.74, 6) is -1.30. The number of amides is 1. The van der Waals surface area contributed by atoms with E-state index in [1.807, 2.05) is 0 Å². The van der Waals surface area contributed by atoms with Crippen molar-refractivity contribution in [3.8, 4) is 0 Å². The maximum atomic E-state index is 12.8. The van der Waals surface area contributed by atoms with E-state index in [-0.39, 0.29) is 34.6 Å². The van der Waals surface area contributed by atoms with Gasteiger partial charge in [-0.05, 0) is 49.1 Å². The lowest BCUT2D eigenvalue weighted by molar-refractivity contribution is -0.136. The lowest BCUT2D eigenvalue weighted by Gasteiger charge is -2.14. The van der Waals surface area contributed by atoms with Gasteiger partial charge in [0.15, 0.2) is 0 Å². The largest absolute Gasteiger partial charge is 0.481 e. The predicted octanol–water partition coefficient (Wildman–Crippen LogP) is 2.41. The molecule has 1 aliphatic rings. The van der Waals surface area contributed by atoms with E-state index in [9.17, 15) is 18.0 Å². The molecule has 1 aliphatic heterocycles. The minimum absolute atomic E-state index is 0.0163. The first-order valence-electron chi connectivity index (χ1n) is 9.67. The monoisotopic (exact) mass is 432 g/mol. The first-order valence-corrected chi connectivity index (χ1v) is 11.2. The standard InChI is InChI=1S/C21H24N2O6S/c24-20(25)12-9-15-7-10-17(11-8-15)30(27,28)23-19-6-2-1-5-18(19)21(26)22-14-16-4-3-13-29-16/h1-2,5-8,10-11,16,23H,3-4,9,12-14H2,(H,22,26)(H,24,25). The van der Waals surface area contributed by atoms with Crippen molar-refractivity contribution in [1.29, 1.82) is 0 Å². The van der Waals surface area contributed by atoms with Crippen molar-refractivity contribution in [3.63, 3.8) is 0 Å². The van der Waals surface area contributed by atoms with Gasteiger partial charge in [-0.15, -0.1) is 0 Å². The zero-order valence-corrected chi connectivity index (χ0v) is 17.2. The molecular formula is C21H24N2O6S. The van der Waals surface area contributed by atoms with E-state index in [2.05, 4.69) is 10.0 Å². The van der Waals surface area contributed by atoms with Crippen molar-refractivity contribution in [1.82, 2.24) is 5.32 Å². The number of nitrogens with one attached hydrogen (secondary N) is 2. The molecule has 3 N–H and O–H groups in total. The first kappa shape index (κ1) is 21.8. The highest BCUT2D eigenvalue weighted by atomic mass is 32.2. The van der Waals surface area contributed by atoms with Gasteiger partial charge in [0, 0.05) is 19.6 Å². The van der Waals surface area contributed by atoms with Gasteiger partial charge < -0.3 is 15.2 Å². The smallest absolute Gasteiger partial charge is 0.303 e. The van der Waals surface area contributed by atoms with Crippen LogP contribution in [0.2, 0.25) is 0 Å². The van der Waals surface area contributed by atoms with E-state index in [0.29, 0.717) is 19.6 Å². The number of aryl methyl sites for hydroxylation is 1. The molecule has 0 bridgehead atoms. The predicted molar refractivity (Wildman–Crippen MR) is 111 cm³/mol. The van der Waals surface area contributed by atoms with Gasteiger partial charge in [-0.1, -0.05) is 24.3 Å².